The average Bonchev–Trinajstić information content (AvgIpc) is 2.71. The first-order chi connectivity index (χ1) is 13.9. The van der Waals surface area contributed by atoms with Crippen molar-refractivity contribution in [2.45, 2.75) is 31.0 Å². The van der Waals surface area contributed by atoms with Crippen molar-refractivity contribution in [3.05, 3.63) is 45.7 Å². The van der Waals surface area contributed by atoms with Crippen LogP contribution in [-0.4, -0.2) is 45.6 Å². The number of aromatic nitrogens is 2. The van der Waals surface area contributed by atoms with Gasteiger partial charge >= 0.3 is 0 Å². The number of anilines is 1. The number of carbonyl (C=O) groups is 2. The zero-order chi connectivity index (χ0) is 21.2. The molecule has 0 aliphatic rings. The minimum atomic E-state index is -0.695. The first kappa shape index (κ1) is 24.0. The summed E-state index contributed by atoms with van der Waals surface area (Å²) >= 11 is 12.3. The molecule has 2 rings (SSSR count). The van der Waals surface area contributed by atoms with Crippen LogP contribution in [0.25, 0.3) is 0 Å². The van der Waals surface area contributed by atoms with Gasteiger partial charge in [0, 0.05) is 22.7 Å². The molecule has 10 heteroatoms. The first-order valence-corrected chi connectivity index (χ1v) is 12.5. The third-order valence-corrected chi connectivity index (χ3v) is 6.26. The van der Waals surface area contributed by atoms with E-state index in [-0.39, 0.29) is 11.6 Å². The van der Waals surface area contributed by atoms with Crippen molar-refractivity contribution in [3.8, 4) is 0 Å². The summed E-state index contributed by atoms with van der Waals surface area (Å²) in [5, 5.41) is 6.74. The van der Waals surface area contributed by atoms with Crippen LogP contribution in [0.1, 0.15) is 30.3 Å². The van der Waals surface area contributed by atoms with E-state index in [1.165, 1.54) is 11.8 Å². The van der Waals surface area contributed by atoms with E-state index in [0.717, 1.165) is 17.9 Å². The summed E-state index contributed by atoms with van der Waals surface area (Å²) in [7, 11) is 0. The van der Waals surface area contributed by atoms with Gasteiger partial charge in [-0.3, -0.25) is 9.59 Å². The molecule has 0 radical (unpaired) electrons. The van der Waals surface area contributed by atoms with Crippen molar-refractivity contribution in [1.29, 1.82) is 0 Å². The Bertz CT molecular complexity index is 839. The fourth-order valence-electron chi connectivity index (χ4n) is 2.27. The lowest BCUT2D eigenvalue weighted by Gasteiger charge is -2.18. The maximum atomic E-state index is 12.8. The second-order valence-corrected chi connectivity index (χ2v) is 9.34. The number of amides is 2. The number of nitrogens with one attached hydrogen (secondary N) is 2. The standard InChI is InChI=1S/C19H22BrClN4O2S2/c1-3-9-29-19-22-11-14(20)16(25-19)18(27)24-15(8-10-28-2)17(26)23-13-6-4-12(21)5-7-13/h4-7,11,15H,3,8-10H2,1-2H3,(H,23,26)(H,24,27). The van der Waals surface area contributed by atoms with Crippen LogP contribution < -0.4 is 10.6 Å². The molecule has 1 aromatic carbocycles. The Morgan fingerprint density at radius 1 is 1.24 bits per heavy atom. The molecule has 2 N–H and O–H groups in total. The molecule has 29 heavy (non-hydrogen) atoms. The lowest BCUT2D eigenvalue weighted by atomic mass is 10.2. The van der Waals surface area contributed by atoms with E-state index < -0.39 is 11.9 Å². The Morgan fingerprint density at radius 3 is 2.62 bits per heavy atom. The lowest BCUT2D eigenvalue weighted by Crippen LogP contribution is -2.44. The van der Waals surface area contributed by atoms with Gasteiger partial charge in [0.05, 0.1) is 4.47 Å². The molecular formula is C19H22BrClN4O2S2. The molecule has 0 saturated heterocycles. The van der Waals surface area contributed by atoms with Crippen molar-refractivity contribution in [2.75, 3.05) is 23.1 Å². The number of carbonyl (C=O) groups excluding carboxylic acids is 2. The fraction of sp³-hybridized carbons (Fsp3) is 0.368. The minimum Gasteiger partial charge on any atom is -0.339 e. The van der Waals surface area contributed by atoms with Crippen LogP contribution in [0.4, 0.5) is 5.69 Å². The molecule has 2 amide bonds. The van der Waals surface area contributed by atoms with Crippen LogP contribution in [0, 0.1) is 0 Å². The quantitative estimate of drug-likeness (QED) is 0.345. The summed E-state index contributed by atoms with van der Waals surface area (Å²) in [6.07, 6.45) is 4.98. The Balaban J connectivity index is 2.13. The van der Waals surface area contributed by atoms with Gasteiger partial charge in [-0.2, -0.15) is 11.8 Å². The first-order valence-electron chi connectivity index (χ1n) is 8.96. The molecule has 1 unspecified atom stereocenters. The van der Waals surface area contributed by atoms with Crippen molar-refractivity contribution in [3.63, 3.8) is 0 Å². The highest BCUT2D eigenvalue weighted by molar-refractivity contribution is 9.10. The summed E-state index contributed by atoms with van der Waals surface area (Å²) in [6, 6.07) is 6.12. The Labute approximate surface area is 192 Å². The van der Waals surface area contributed by atoms with Gasteiger partial charge < -0.3 is 10.6 Å². The zero-order valence-corrected chi connectivity index (χ0v) is 20.1. The summed E-state index contributed by atoms with van der Waals surface area (Å²) < 4.78 is 0.484. The molecule has 1 atom stereocenters. The second-order valence-electron chi connectivity index (χ2n) is 6.00. The van der Waals surface area contributed by atoms with Gasteiger partial charge in [0.15, 0.2) is 5.16 Å². The van der Waals surface area contributed by atoms with E-state index in [4.69, 9.17) is 11.6 Å². The molecule has 0 fully saturated rings. The van der Waals surface area contributed by atoms with Gasteiger partial charge in [-0.25, -0.2) is 9.97 Å². The Kier molecular flexibility index (Phi) is 10.3. The Hall–Kier alpha value is -1.29. The van der Waals surface area contributed by atoms with Crippen LogP contribution in [0.5, 0.6) is 0 Å². The van der Waals surface area contributed by atoms with Crippen LogP contribution in [-0.2, 0) is 4.79 Å². The number of nitrogens with zero attached hydrogens (tertiary/aromatic N) is 2. The molecule has 0 bridgehead atoms. The molecule has 2 aromatic rings. The molecule has 156 valence electrons. The number of thioether (sulfide) groups is 2. The summed E-state index contributed by atoms with van der Waals surface area (Å²) in [5.74, 6) is 0.875. The van der Waals surface area contributed by atoms with Crippen LogP contribution in [0.15, 0.2) is 40.1 Å². The fourth-order valence-corrected chi connectivity index (χ4v) is 3.91. The van der Waals surface area contributed by atoms with Crippen LogP contribution >= 0.6 is 51.1 Å². The summed E-state index contributed by atoms with van der Waals surface area (Å²) in [4.78, 5) is 34.1. The number of hydrogen-bond acceptors (Lipinski definition) is 6. The van der Waals surface area contributed by atoms with Gasteiger partial charge in [-0.1, -0.05) is 30.3 Å². The molecule has 1 aromatic heterocycles. The van der Waals surface area contributed by atoms with Crippen LogP contribution in [0.3, 0.4) is 0 Å². The molecule has 1 heterocycles. The van der Waals surface area contributed by atoms with E-state index >= 15 is 0 Å². The zero-order valence-electron chi connectivity index (χ0n) is 16.1. The highest BCUT2D eigenvalue weighted by Gasteiger charge is 2.23. The SMILES string of the molecule is CCCSc1ncc(Br)c(C(=O)NC(CCSC)C(=O)Nc2ccc(Cl)cc2)n1. The largest absolute Gasteiger partial charge is 0.339 e. The maximum Gasteiger partial charge on any atom is 0.271 e. The second kappa shape index (κ2) is 12.4. The van der Waals surface area contributed by atoms with Crippen molar-refractivity contribution >= 4 is 68.6 Å². The highest BCUT2D eigenvalue weighted by Crippen LogP contribution is 2.20. The monoisotopic (exact) mass is 516 g/mol. The molecule has 0 spiro atoms. The van der Waals surface area contributed by atoms with Gasteiger partial charge in [0.2, 0.25) is 5.91 Å². The minimum absolute atomic E-state index is 0.215. The van der Waals surface area contributed by atoms with E-state index in [9.17, 15) is 9.59 Å². The van der Waals surface area contributed by atoms with Crippen LogP contribution in [0.2, 0.25) is 5.02 Å². The van der Waals surface area contributed by atoms with Gasteiger partial charge in [0.25, 0.3) is 5.91 Å². The van der Waals surface area contributed by atoms with E-state index in [0.29, 0.717) is 26.8 Å². The van der Waals surface area contributed by atoms with E-state index in [1.807, 2.05) is 6.26 Å². The highest BCUT2D eigenvalue weighted by atomic mass is 79.9. The van der Waals surface area contributed by atoms with Gasteiger partial charge in [-0.15, -0.1) is 0 Å². The smallest absolute Gasteiger partial charge is 0.271 e. The topological polar surface area (TPSA) is 84.0 Å². The number of benzene rings is 1. The van der Waals surface area contributed by atoms with Gasteiger partial charge in [0.1, 0.15) is 11.7 Å². The summed E-state index contributed by atoms with van der Waals surface area (Å²) in [5.41, 5.74) is 0.830. The van der Waals surface area contributed by atoms with E-state index in [1.54, 1.807) is 42.2 Å². The molecule has 0 aliphatic heterocycles. The number of rotatable bonds is 10. The molecule has 0 aliphatic carbocycles. The molecular weight excluding hydrogens is 496 g/mol. The third kappa shape index (κ3) is 7.81. The number of hydrogen-bond donors (Lipinski definition) is 2. The van der Waals surface area contributed by atoms with Crippen molar-refractivity contribution in [1.82, 2.24) is 15.3 Å². The van der Waals surface area contributed by atoms with Crippen molar-refractivity contribution in [2.24, 2.45) is 0 Å². The predicted molar refractivity (Wildman–Crippen MR) is 125 cm³/mol. The van der Waals surface area contributed by atoms with Crippen molar-refractivity contribution < 1.29 is 9.59 Å². The average molecular weight is 518 g/mol. The van der Waals surface area contributed by atoms with Gasteiger partial charge in [-0.05, 0) is 65.0 Å². The molecule has 0 saturated carbocycles. The normalized spacial score (nSPS) is 11.7. The van der Waals surface area contributed by atoms with E-state index in [2.05, 4.69) is 43.5 Å². The maximum absolute atomic E-state index is 12.8. The predicted octanol–water partition coefficient (Wildman–Crippen LogP) is 4.88. The molecule has 6 nitrogen and oxygen atoms in total. The summed E-state index contributed by atoms with van der Waals surface area (Å²) in [6.45, 7) is 2.06. The Morgan fingerprint density at radius 2 is 1.97 bits per heavy atom. The third-order valence-electron chi connectivity index (χ3n) is 3.72. The lowest BCUT2D eigenvalue weighted by molar-refractivity contribution is -0.118. The number of halogens is 2.